The van der Waals surface area contributed by atoms with E-state index < -0.39 is 0 Å². The number of phenols is 1. The molecule has 0 bridgehead atoms. The van der Waals surface area contributed by atoms with Crippen molar-refractivity contribution in [2.24, 2.45) is 0 Å². The zero-order valence-electron chi connectivity index (χ0n) is 13.5. The second-order valence-electron chi connectivity index (χ2n) is 6.64. The second-order valence-corrected chi connectivity index (χ2v) is 6.64. The molecule has 0 spiro atoms. The van der Waals surface area contributed by atoms with Gasteiger partial charge in [0, 0.05) is 31.2 Å². The van der Waals surface area contributed by atoms with Crippen LogP contribution in [0, 0.1) is 0 Å². The first-order chi connectivity index (χ1) is 10.7. The van der Waals surface area contributed by atoms with Crippen molar-refractivity contribution < 1.29 is 9.84 Å². The average molecular weight is 304 g/mol. The maximum Gasteiger partial charge on any atom is 0.115 e. The summed E-state index contributed by atoms with van der Waals surface area (Å²) in [5.41, 5.74) is 1.16. The predicted molar refractivity (Wildman–Crippen MR) is 88.1 cm³/mol. The third kappa shape index (κ3) is 4.00. The van der Waals surface area contributed by atoms with Crippen LogP contribution >= 0.6 is 0 Å². The van der Waals surface area contributed by atoms with Crippen LogP contribution in [-0.2, 0) is 4.74 Å². The van der Waals surface area contributed by atoms with Crippen molar-refractivity contribution in [3.63, 3.8) is 0 Å². The number of benzene rings is 1. The Kier molecular flexibility index (Phi) is 5.34. The van der Waals surface area contributed by atoms with Crippen LogP contribution in [0.5, 0.6) is 5.75 Å². The highest BCUT2D eigenvalue weighted by Gasteiger charge is 2.27. The monoisotopic (exact) mass is 304 g/mol. The van der Waals surface area contributed by atoms with Crippen molar-refractivity contribution in [1.82, 2.24) is 10.2 Å². The van der Waals surface area contributed by atoms with Gasteiger partial charge in [-0.3, -0.25) is 4.90 Å². The normalized spacial score (nSPS) is 28.4. The lowest BCUT2D eigenvalue weighted by atomic mass is 9.89. The van der Waals surface area contributed by atoms with Crippen molar-refractivity contribution in [1.29, 1.82) is 0 Å². The van der Waals surface area contributed by atoms with Crippen LogP contribution in [0.4, 0.5) is 0 Å². The largest absolute Gasteiger partial charge is 0.508 e. The molecule has 22 heavy (non-hydrogen) atoms. The van der Waals surface area contributed by atoms with E-state index in [4.69, 9.17) is 4.74 Å². The molecule has 1 aliphatic carbocycles. The minimum absolute atomic E-state index is 0.289. The molecular formula is C18H28N2O2. The van der Waals surface area contributed by atoms with Gasteiger partial charge in [0.1, 0.15) is 5.75 Å². The molecule has 2 fully saturated rings. The van der Waals surface area contributed by atoms with Crippen molar-refractivity contribution in [3.05, 3.63) is 29.8 Å². The van der Waals surface area contributed by atoms with Gasteiger partial charge >= 0.3 is 0 Å². The Morgan fingerprint density at radius 2 is 1.91 bits per heavy atom. The molecule has 1 atom stereocenters. The van der Waals surface area contributed by atoms with E-state index in [1.165, 1.54) is 25.7 Å². The molecule has 122 valence electrons. The molecule has 1 heterocycles. The van der Waals surface area contributed by atoms with Gasteiger partial charge in [0.05, 0.1) is 13.2 Å². The molecule has 1 saturated heterocycles. The standard InChI is InChI=1S/C18H28N2O2/c1-14(15-3-2-4-18(21)13-15)19-16-5-7-17(8-6-16)20-9-11-22-12-10-20/h2-4,13-14,16-17,19,21H,5-12H2,1H3/t14-,16?,17?/m1/s1. The first kappa shape index (κ1) is 15.8. The first-order valence-electron chi connectivity index (χ1n) is 8.59. The van der Waals surface area contributed by atoms with E-state index in [0.717, 1.165) is 37.9 Å². The van der Waals surface area contributed by atoms with Crippen molar-refractivity contribution in [2.45, 2.75) is 50.7 Å². The van der Waals surface area contributed by atoms with E-state index in [2.05, 4.69) is 23.2 Å². The highest BCUT2D eigenvalue weighted by Crippen LogP contribution is 2.26. The summed E-state index contributed by atoms with van der Waals surface area (Å²) in [6.45, 7) is 6.17. The Morgan fingerprint density at radius 1 is 1.18 bits per heavy atom. The summed E-state index contributed by atoms with van der Waals surface area (Å²) in [7, 11) is 0. The Labute approximate surface area is 133 Å². The second kappa shape index (κ2) is 7.44. The van der Waals surface area contributed by atoms with Crippen LogP contribution in [0.1, 0.15) is 44.2 Å². The summed E-state index contributed by atoms with van der Waals surface area (Å²) >= 11 is 0. The van der Waals surface area contributed by atoms with Crippen LogP contribution in [0.25, 0.3) is 0 Å². The average Bonchev–Trinajstić information content (AvgIpc) is 2.56. The molecule has 4 nitrogen and oxygen atoms in total. The smallest absolute Gasteiger partial charge is 0.115 e. The van der Waals surface area contributed by atoms with E-state index in [0.29, 0.717) is 11.8 Å². The molecule has 3 rings (SSSR count). The number of morpholine rings is 1. The van der Waals surface area contributed by atoms with Crippen LogP contribution in [-0.4, -0.2) is 48.4 Å². The number of ether oxygens (including phenoxy) is 1. The molecule has 1 aromatic rings. The van der Waals surface area contributed by atoms with Crippen molar-refractivity contribution >= 4 is 0 Å². The molecule has 4 heteroatoms. The van der Waals surface area contributed by atoms with Gasteiger partial charge in [-0.05, 0) is 50.3 Å². The zero-order chi connectivity index (χ0) is 15.4. The lowest BCUT2D eigenvalue weighted by molar-refractivity contribution is 0.00631. The Hall–Kier alpha value is -1.10. The number of rotatable bonds is 4. The summed E-state index contributed by atoms with van der Waals surface area (Å²) < 4.78 is 5.45. The van der Waals surface area contributed by atoms with Gasteiger partial charge in [-0.1, -0.05) is 12.1 Å². The van der Waals surface area contributed by atoms with Crippen LogP contribution in [0.2, 0.25) is 0 Å². The van der Waals surface area contributed by atoms with E-state index in [-0.39, 0.29) is 6.04 Å². The molecule has 0 radical (unpaired) electrons. The Morgan fingerprint density at radius 3 is 2.59 bits per heavy atom. The molecule has 0 amide bonds. The summed E-state index contributed by atoms with van der Waals surface area (Å²) in [6.07, 6.45) is 5.05. The first-order valence-corrected chi connectivity index (χ1v) is 8.59. The molecule has 1 aliphatic heterocycles. The molecule has 1 aromatic carbocycles. The predicted octanol–water partition coefficient (Wildman–Crippen LogP) is 2.69. The SMILES string of the molecule is C[C@@H](NC1CCC(N2CCOCC2)CC1)c1cccc(O)c1. The van der Waals surface area contributed by atoms with Gasteiger partial charge < -0.3 is 15.2 Å². The lowest BCUT2D eigenvalue weighted by Gasteiger charge is -2.39. The molecule has 0 aromatic heterocycles. The Balaban J connectivity index is 1.47. The molecule has 2 aliphatic rings. The lowest BCUT2D eigenvalue weighted by Crippen LogP contribution is -2.47. The number of aromatic hydroxyl groups is 1. The van der Waals surface area contributed by atoms with Gasteiger partial charge in [0.2, 0.25) is 0 Å². The third-order valence-corrected chi connectivity index (χ3v) is 5.11. The minimum Gasteiger partial charge on any atom is -0.508 e. The van der Waals surface area contributed by atoms with E-state index in [9.17, 15) is 5.11 Å². The van der Waals surface area contributed by atoms with Crippen molar-refractivity contribution in [2.75, 3.05) is 26.3 Å². The fraction of sp³-hybridized carbons (Fsp3) is 0.667. The maximum absolute atomic E-state index is 9.60. The fourth-order valence-corrected chi connectivity index (χ4v) is 3.79. The van der Waals surface area contributed by atoms with Crippen LogP contribution in [0.15, 0.2) is 24.3 Å². The topological polar surface area (TPSA) is 44.7 Å². The summed E-state index contributed by atoms with van der Waals surface area (Å²) in [6, 6.07) is 9.21. The Bertz CT molecular complexity index is 466. The highest BCUT2D eigenvalue weighted by molar-refractivity contribution is 5.29. The van der Waals surface area contributed by atoms with Gasteiger partial charge in [-0.25, -0.2) is 0 Å². The number of nitrogens with one attached hydrogen (secondary N) is 1. The van der Waals surface area contributed by atoms with Crippen LogP contribution in [0.3, 0.4) is 0 Å². The zero-order valence-corrected chi connectivity index (χ0v) is 13.5. The van der Waals surface area contributed by atoms with Gasteiger partial charge in [-0.15, -0.1) is 0 Å². The summed E-state index contributed by atoms with van der Waals surface area (Å²) in [4.78, 5) is 2.61. The maximum atomic E-state index is 9.60. The van der Waals surface area contributed by atoms with E-state index >= 15 is 0 Å². The van der Waals surface area contributed by atoms with E-state index in [1.54, 1.807) is 6.07 Å². The highest BCUT2D eigenvalue weighted by atomic mass is 16.5. The fourth-order valence-electron chi connectivity index (χ4n) is 3.79. The van der Waals surface area contributed by atoms with Gasteiger partial charge in [-0.2, -0.15) is 0 Å². The van der Waals surface area contributed by atoms with Gasteiger partial charge in [0.15, 0.2) is 0 Å². The minimum atomic E-state index is 0.289. The number of hydrogen-bond donors (Lipinski definition) is 2. The third-order valence-electron chi connectivity index (χ3n) is 5.11. The number of phenolic OH excluding ortho intramolecular Hbond substituents is 1. The van der Waals surface area contributed by atoms with Gasteiger partial charge in [0.25, 0.3) is 0 Å². The summed E-state index contributed by atoms with van der Waals surface area (Å²) in [5, 5.41) is 13.3. The van der Waals surface area contributed by atoms with Crippen molar-refractivity contribution in [3.8, 4) is 5.75 Å². The molecule has 1 saturated carbocycles. The van der Waals surface area contributed by atoms with E-state index in [1.807, 2.05) is 12.1 Å². The quantitative estimate of drug-likeness (QED) is 0.898. The molecule has 0 unspecified atom stereocenters. The number of nitrogens with zero attached hydrogens (tertiary/aromatic N) is 1. The summed E-state index contributed by atoms with van der Waals surface area (Å²) in [5.74, 6) is 0.349. The number of hydrogen-bond acceptors (Lipinski definition) is 4. The molecular weight excluding hydrogens is 276 g/mol. The van der Waals surface area contributed by atoms with Crippen LogP contribution < -0.4 is 5.32 Å². The molecule has 2 N–H and O–H groups in total.